The van der Waals surface area contributed by atoms with Crippen LogP contribution in [0.2, 0.25) is 0 Å². The van der Waals surface area contributed by atoms with Crippen molar-refractivity contribution in [3.8, 4) is 0 Å². The Morgan fingerprint density at radius 1 is 1.36 bits per heavy atom. The van der Waals surface area contributed by atoms with Crippen molar-refractivity contribution in [2.75, 3.05) is 18.5 Å². The van der Waals surface area contributed by atoms with E-state index < -0.39 is 23.2 Å². The van der Waals surface area contributed by atoms with Gasteiger partial charge in [0.1, 0.15) is 0 Å². The van der Waals surface area contributed by atoms with Crippen LogP contribution in [-0.4, -0.2) is 36.0 Å². The number of ether oxygens (including phenoxy) is 1. The minimum Gasteiger partial charge on any atom is -0.464 e. The molecule has 1 aliphatic rings. The number of hydrogen-bond donors (Lipinski definition) is 2. The van der Waals surface area contributed by atoms with E-state index in [0.29, 0.717) is 5.69 Å². The summed E-state index contributed by atoms with van der Waals surface area (Å²) >= 11 is 0. The van der Waals surface area contributed by atoms with Crippen LogP contribution in [0.1, 0.15) is 25.8 Å². The van der Waals surface area contributed by atoms with Crippen molar-refractivity contribution in [2.24, 2.45) is 0 Å². The molecule has 0 aromatic heterocycles. The lowest BCUT2D eigenvalue weighted by molar-refractivity contribution is -0.283. The van der Waals surface area contributed by atoms with E-state index in [0.717, 1.165) is 0 Å². The van der Waals surface area contributed by atoms with Crippen LogP contribution < -0.4 is 5.32 Å². The molecule has 1 aromatic rings. The molecule has 4 nitrogen and oxygen atoms in total. The summed E-state index contributed by atoms with van der Waals surface area (Å²) in [6.07, 6.45) is -5.24. The molecule has 0 spiro atoms. The molecule has 0 amide bonds. The van der Waals surface area contributed by atoms with Gasteiger partial charge in [-0.3, -0.25) is 0 Å². The topological polar surface area (TPSA) is 58.6 Å². The number of alkyl halides is 3. The minimum atomic E-state index is -5.16. The van der Waals surface area contributed by atoms with Crippen LogP contribution in [0.3, 0.4) is 0 Å². The molecule has 1 aromatic carbocycles. The van der Waals surface area contributed by atoms with E-state index in [1.54, 1.807) is 18.2 Å². The van der Waals surface area contributed by atoms with Crippen molar-refractivity contribution in [3.63, 3.8) is 0 Å². The normalized spacial score (nSPS) is 23.4. The highest BCUT2D eigenvalue weighted by molar-refractivity contribution is 5.85. The second kappa shape index (κ2) is 5.46. The van der Waals surface area contributed by atoms with Crippen LogP contribution in [0.15, 0.2) is 24.3 Å². The number of carbonyl (C=O) groups is 1. The molecule has 0 saturated heterocycles. The van der Waals surface area contributed by atoms with Crippen LogP contribution in [0, 0.1) is 0 Å². The summed E-state index contributed by atoms with van der Waals surface area (Å²) in [4.78, 5) is 12.1. The average Bonchev–Trinajstić information content (AvgIpc) is 2.85. The molecular weight excluding hydrogens is 299 g/mol. The lowest BCUT2D eigenvalue weighted by atomic mass is 9.66. The molecule has 0 fully saturated rings. The highest BCUT2D eigenvalue weighted by Gasteiger charge is 2.73. The number of nitrogens with one attached hydrogen (secondary N) is 1. The van der Waals surface area contributed by atoms with E-state index in [1.165, 1.54) is 19.9 Å². The maximum absolute atomic E-state index is 13.7. The van der Waals surface area contributed by atoms with Gasteiger partial charge < -0.3 is 15.2 Å². The molecular formula is C15H18F3NO3. The molecule has 22 heavy (non-hydrogen) atoms. The first-order chi connectivity index (χ1) is 10.2. The van der Waals surface area contributed by atoms with Crippen molar-refractivity contribution < 1.29 is 27.8 Å². The number of halogens is 3. The van der Waals surface area contributed by atoms with Crippen LogP contribution in [0.5, 0.6) is 0 Å². The Hall–Kier alpha value is -1.76. The van der Waals surface area contributed by atoms with Crippen molar-refractivity contribution >= 4 is 11.7 Å². The van der Waals surface area contributed by atoms with E-state index in [4.69, 9.17) is 0 Å². The van der Waals surface area contributed by atoms with Gasteiger partial charge in [0, 0.05) is 12.2 Å². The fraction of sp³-hybridized carbons (Fsp3) is 0.533. The van der Waals surface area contributed by atoms with E-state index >= 15 is 0 Å². The largest absolute Gasteiger partial charge is 0.464 e. The first-order valence-electron chi connectivity index (χ1n) is 7.04. The number of aliphatic hydroxyl groups is 1. The van der Waals surface area contributed by atoms with Gasteiger partial charge in [-0.15, -0.1) is 0 Å². The fourth-order valence-corrected chi connectivity index (χ4v) is 3.11. The standard InChI is InChI=1S/C15H18F3NO3/c1-3-13(9-19-11-8-6-5-7-10(11)13)14(21,15(16,17)18)12(20)22-4-2/h5-8,19,21H,3-4,9H2,1-2H3. The van der Waals surface area contributed by atoms with E-state index in [2.05, 4.69) is 10.1 Å². The number of fused-ring (bicyclic) bond motifs is 1. The Bertz CT molecular complexity index is 575. The van der Waals surface area contributed by atoms with Gasteiger partial charge in [-0.1, -0.05) is 25.1 Å². The van der Waals surface area contributed by atoms with Gasteiger partial charge in [0.25, 0.3) is 5.60 Å². The summed E-state index contributed by atoms with van der Waals surface area (Å²) in [7, 11) is 0. The fourth-order valence-electron chi connectivity index (χ4n) is 3.11. The molecule has 2 unspecified atom stereocenters. The summed E-state index contributed by atoms with van der Waals surface area (Å²) in [5.41, 5.74) is -4.68. The maximum atomic E-state index is 13.7. The number of rotatable bonds is 4. The van der Waals surface area contributed by atoms with Crippen LogP contribution in [0.25, 0.3) is 0 Å². The van der Waals surface area contributed by atoms with E-state index in [1.807, 2.05) is 0 Å². The molecule has 122 valence electrons. The molecule has 1 heterocycles. The van der Waals surface area contributed by atoms with Crippen LogP contribution >= 0.6 is 0 Å². The maximum Gasteiger partial charge on any atom is 0.429 e. The van der Waals surface area contributed by atoms with Crippen LogP contribution in [-0.2, 0) is 14.9 Å². The Labute approximate surface area is 126 Å². The monoisotopic (exact) mass is 317 g/mol. The lowest BCUT2D eigenvalue weighted by Gasteiger charge is -2.43. The van der Waals surface area contributed by atoms with Gasteiger partial charge >= 0.3 is 12.1 Å². The third kappa shape index (κ3) is 2.06. The molecule has 2 N–H and O–H groups in total. The Kier molecular flexibility index (Phi) is 4.12. The van der Waals surface area contributed by atoms with Crippen molar-refractivity contribution in [1.82, 2.24) is 0 Å². The second-order valence-corrected chi connectivity index (χ2v) is 5.26. The van der Waals surface area contributed by atoms with Gasteiger partial charge in [-0.05, 0) is 25.0 Å². The molecule has 0 bridgehead atoms. The Morgan fingerprint density at radius 3 is 2.55 bits per heavy atom. The number of esters is 1. The highest BCUT2D eigenvalue weighted by atomic mass is 19.4. The molecule has 7 heteroatoms. The first kappa shape index (κ1) is 16.6. The summed E-state index contributed by atoms with van der Waals surface area (Å²) in [6.45, 7) is 2.47. The van der Waals surface area contributed by atoms with Gasteiger partial charge in [0.05, 0.1) is 12.0 Å². The quantitative estimate of drug-likeness (QED) is 0.838. The van der Waals surface area contributed by atoms with Gasteiger partial charge in [0.15, 0.2) is 0 Å². The molecule has 0 saturated carbocycles. The number of benzene rings is 1. The predicted octanol–water partition coefficient (Wildman–Crippen LogP) is 2.62. The first-order valence-corrected chi connectivity index (χ1v) is 7.04. The summed E-state index contributed by atoms with van der Waals surface area (Å²) < 4.78 is 45.6. The molecule has 0 aliphatic carbocycles. The number of para-hydroxylation sites is 1. The third-order valence-electron chi connectivity index (χ3n) is 4.30. The average molecular weight is 317 g/mol. The van der Waals surface area contributed by atoms with Gasteiger partial charge in [-0.25, -0.2) is 4.79 Å². The minimum absolute atomic E-state index is 0.0775. The zero-order chi connectivity index (χ0) is 16.6. The van der Waals surface area contributed by atoms with Gasteiger partial charge in [-0.2, -0.15) is 13.2 Å². The highest BCUT2D eigenvalue weighted by Crippen LogP contribution is 2.53. The predicted molar refractivity (Wildman–Crippen MR) is 74.5 cm³/mol. The smallest absolute Gasteiger partial charge is 0.429 e. The van der Waals surface area contributed by atoms with Crippen molar-refractivity contribution in [2.45, 2.75) is 37.5 Å². The summed E-state index contributed by atoms with van der Waals surface area (Å²) in [5.74, 6) is -1.66. The van der Waals surface area contributed by atoms with E-state index in [-0.39, 0.29) is 25.1 Å². The third-order valence-corrected chi connectivity index (χ3v) is 4.30. The van der Waals surface area contributed by atoms with Crippen molar-refractivity contribution in [1.29, 1.82) is 0 Å². The SMILES string of the molecule is CCOC(=O)C(O)(C(F)(F)F)C1(CC)CNc2ccccc21. The Balaban J connectivity index is 2.67. The van der Waals surface area contributed by atoms with E-state index in [9.17, 15) is 23.1 Å². The molecule has 2 rings (SSSR count). The summed E-state index contributed by atoms with van der Waals surface area (Å²) in [6, 6.07) is 6.37. The van der Waals surface area contributed by atoms with Crippen LogP contribution in [0.4, 0.5) is 18.9 Å². The second-order valence-electron chi connectivity index (χ2n) is 5.26. The number of anilines is 1. The lowest BCUT2D eigenvalue weighted by Crippen LogP contribution is -2.67. The summed E-state index contributed by atoms with van der Waals surface area (Å²) in [5, 5.41) is 13.4. The number of hydrogen-bond acceptors (Lipinski definition) is 4. The zero-order valence-electron chi connectivity index (χ0n) is 12.3. The molecule has 0 radical (unpaired) electrons. The molecule has 2 atom stereocenters. The van der Waals surface area contributed by atoms with Crippen molar-refractivity contribution in [3.05, 3.63) is 29.8 Å². The molecule has 1 aliphatic heterocycles. The zero-order valence-corrected chi connectivity index (χ0v) is 12.3. The number of carbonyl (C=O) groups excluding carboxylic acids is 1. The van der Waals surface area contributed by atoms with Gasteiger partial charge in [0.2, 0.25) is 0 Å². The Morgan fingerprint density at radius 2 is 2.00 bits per heavy atom.